The zero-order valence-corrected chi connectivity index (χ0v) is 21.4. The van der Waals surface area contributed by atoms with Crippen molar-refractivity contribution in [2.75, 3.05) is 18.0 Å². The van der Waals surface area contributed by atoms with E-state index in [1.54, 1.807) is 18.5 Å². The van der Waals surface area contributed by atoms with Crippen LogP contribution in [0.3, 0.4) is 0 Å². The summed E-state index contributed by atoms with van der Waals surface area (Å²) in [6, 6.07) is 3.21. The van der Waals surface area contributed by atoms with E-state index < -0.39 is 5.97 Å². The zero-order chi connectivity index (χ0) is 24.8. The van der Waals surface area contributed by atoms with Gasteiger partial charge in [0.25, 0.3) is 0 Å². The summed E-state index contributed by atoms with van der Waals surface area (Å²) in [5.74, 6) is 0.645. The second-order valence-corrected chi connectivity index (χ2v) is 10.8. The van der Waals surface area contributed by atoms with Crippen LogP contribution in [-0.2, 0) is 0 Å². The van der Waals surface area contributed by atoms with Gasteiger partial charge >= 0.3 is 5.97 Å². The van der Waals surface area contributed by atoms with Gasteiger partial charge in [-0.25, -0.2) is 14.8 Å². The van der Waals surface area contributed by atoms with E-state index >= 15 is 0 Å². The van der Waals surface area contributed by atoms with Crippen molar-refractivity contribution in [3.05, 3.63) is 57.7 Å². The molecule has 4 aromatic heterocycles. The summed E-state index contributed by atoms with van der Waals surface area (Å²) in [7, 11) is 0. The van der Waals surface area contributed by atoms with Crippen LogP contribution in [0.4, 0.5) is 5.13 Å². The predicted molar refractivity (Wildman–Crippen MR) is 140 cm³/mol. The summed E-state index contributed by atoms with van der Waals surface area (Å²) in [6.45, 7) is 1.71. The number of hydrogen-bond acceptors (Lipinski definition) is 8. The number of rotatable bonds is 6. The Labute approximate surface area is 220 Å². The Hall–Kier alpha value is -3.01. The minimum atomic E-state index is -1.03. The van der Waals surface area contributed by atoms with Crippen LogP contribution >= 0.6 is 34.5 Å². The lowest BCUT2D eigenvalue weighted by atomic mass is 9.95. The lowest BCUT2D eigenvalue weighted by Gasteiger charge is -2.30. The standard InChI is InChI=1S/C25H21Cl2N5O3S/c26-16-11-28-12-17(27)20(16)21-15(22(35-31-21)14-2-3-14)4-1-13-7-9-32(10-8-13)25-30-18-5-6-19(24(33)34)29-23(18)36-25/h1,4-6,11-14H,2-3,7-10H2,(H,33,34). The van der Waals surface area contributed by atoms with Crippen molar-refractivity contribution in [3.63, 3.8) is 0 Å². The molecule has 1 saturated carbocycles. The number of nitrogens with zero attached hydrogens (tertiary/aromatic N) is 5. The van der Waals surface area contributed by atoms with Gasteiger partial charge in [0, 0.05) is 42.5 Å². The maximum absolute atomic E-state index is 11.2. The van der Waals surface area contributed by atoms with Crippen molar-refractivity contribution in [2.24, 2.45) is 5.92 Å². The topological polar surface area (TPSA) is 105 Å². The monoisotopic (exact) mass is 541 g/mol. The predicted octanol–water partition coefficient (Wildman–Crippen LogP) is 6.55. The van der Waals surface area contributed by atoms with Gasteiger partial charge in [-0.05, 0) is 43.7 Å². The molecule has 36 heavy (non-hydrogen) atoms. The third kappa shape index (κ3) is 4.47. The number of halogens is 2. The molecule has 11 heteroatoms. The Morgan fingerprint density at radius 1 is 1.11 bits per heavy atom. The Bertz CT molecular complexity index is 1470. The largest absolute Gasteiger partial charge is 0.477 e. The molecule has 8 nitrogen and oxygen atoms in total. The number of piperidine rings is 1. The van der Waals surface area contributed by atoms with E-state index in [0.29, 0.717) is 38.0 Å². The number of carboxylic acid groups (broad SMARTS) is 1. The van der Waals surface area contributed by atoms with Gasteiger partial charge < -0.3 is 14.5 Å². The summed E-state index contributed by atoms with van der Waals surface area (Å²) >= 11 is 14.3. The summed E-state index contributed by atoms with van der Waals surface area (Å²) < 4.78 is 5.75. The van der Waals surface area contributed by atoms with Crippen LogP contribution in [0.1, 0.15) is 53.4 Å². The third-order valence-electron chi connectivity index (χ3n) is 6.60. The molecule has 0 aromatic carbocycles. The molecular formula is C25H21Cl2N5O3S. The highest BCUT2D eigenvalue weighted by Gasteiger charge is 2.33. The van der Waals surface area contributed by atoms with Crippen LogP contribution in [-0.4, -0.2) is 44.3 Å². The molecule has 184 valence electrons. The van der Waals surface area contributed by atoms with Crippen LogP contribution in [0.5, 0.6) is 0 Å². The molecule has 5 heterocycles. The normalized spacial score (nSPS) is 16.9. The van der Waals surface area contributed by atoms with E-state index in [1.807, 2.05) is 0 Å². The molecule has 1 saturated heterocycles. The molecule has 6 rings (SSSR count). The van der Waals surface area contributed by atoms with Crippen molar-refractivity contribution < 1.29 is 14.4 Å². The first kappa shape index (κ1) is 23.4. The minimum absolute atomic E-state index is 0.0366. The quantitative estimate of drug-likeness (QED) is 0.292. The number of aromatic carboxylic acids is 1. The molecule has 0 atom stereocenters. The zero-order valence-electron chi connectivity index (χ0n) is 19.0. The number of fused-ring (bicyclic) bond motifs is 1. The minimum Gasteiger partial charge on any atom is -0.477 e. The van der Waals surface area contributed by atoms with Crippen LogP contribution in [0.2, 0.25) is 10.0 Å². The molecule has 0 spiro atoms. The van der Waals surface area contributed by atoms with Gasteiger partial charge in [-0.3, -0.25) is 4.98 Å². The van der Waals surface area contributed by atoms with E-state index in [2.05, 4.69) is 37.2 Å². The maximum Gasteiger partial charge on any atom is 0.354 e. The summed E-state index contributed by atoms with van der Waals surface area (Å²) in [5, 5.41) is 15.3. The van der Waals surface area contributed by atoms with Gasteiger partial charge in [-0.2, -0.15) is 0 Å². The smallest absolute Gasteiger partial charge is 0.354 e. The van der Waals surface area contributed by atoms with Crippen molar-refractivity contribution in [2.45, 2.75) is 31.6 Å². The van der Waals surface area contributed by atoms with Crippen LogP contribution < -0.4 is 4.90 Å². The first-order valence-corrected chi connectivity index (χ1v) is 13.3. The summed E-state index contributed by atoms with van der Waals surface area (Å²) in [5.41, 5.74) is 3.01. The molecule has 4 aromatic rings. The average molecular weight is 542 g/mol. The molecule has 2 fully saturated rings. The first-order valence-electron chi connectivity index (χ1n) is 11.7. The number of aromatic nitrogens is 4. The van der Waals surface area contributed by atoms with E-state index in [-0.39, 0.29) is 5.69 Å². The fraction of sp³-hybridized carbons (Fsp3) is 0.320. The Kier molecular flexibility index (Phi) is 6.15. The van der Waals surface area contributed by atoms with Crippen molar-refractivity contribution in [3.8, 4) is 11.3 Å². The van der Waals surface area contributed by atoms with Gasteiger partial charge in [0.2, 0.25) is 0 Å². The SMILES string of the molecule is O=C(O)c1ccc2nc(N3CCC(C=Cc4c(-c5c(Cl)cncc5Cl)noc4C4CC4)CC3)sc2n1. The number of allylic oxidation sites excluding steroid dienone is 1. The third-order valence-corrected chi connectivity index (χ3v) is 8.20. The van der Waals surface area contributed by atoms with Gasteiger partial charge in [0.1, 0.15) is 27.5 Å². The van der Waals surface area contributed by atoms with Gasteiger partial charge in [-0.1, -0.05) is 51.8 Å². The van der Waals surface area contributed by atoms with E-state index in [1.165, 1.54) is 17.4 Å². The van der Waals surface area contributed by atoms with Gasteiger partial charge in [0.15, 0.2) is 5.13 Å². The molecule has 1 aliphatic heterocycles. The molecular weight excluding hydrogens is 521 g/mol. The molecule has 0 radical (unpaired) electrons. The van der Waals surface area contributed by atoms with Gasteiger partial charge in [0.05, 0.1) is 10.0 Å². The molecule has 0 bridgehead atoms. The highest BCUT2D eigenvalue weighted by atomic mass is 35.5. The number of anilines is 1. The summed E-state index contributed by atoms with van der Waals surface area (Å²) in [6.07, 6.45) is 11.6. The number of carbonyl (C=O) groups is 1. The van der Waals surface area contributed by atoms with Crippen molar-refractivity contribution in [1.82, 2.24) is 20.1 Å². The van der Waals surface area contributed by atoms with Crippen LogP contribution in [0.15, 0.2) is 35.1 Å². The number of pyridine rings is 2. The van der Waals surface area contributed by atoms with Gasteiger partial charge in [-0.15, -0.1) is 0 Å². The van der Waals surface area contributed by atoms with E-state index in [9.17, 15) is 9.90 Å². The van der Waals surface area contributed by atoms with Crippen molar-refractivity contribution >= 4 is 62.1 Å². The highest BCUT2D eigenvalue weighted by Crippen LogP contribution is 2.46. The van der Waals surface area contributed by atoms with Crippen LogP contribution in [0.25, 0.3) is 27.7 Å². The Morgan fingerprint density at radius 3 is 2.56 bits per heavy atom. The average Bonchev–Trinajstić information content (AvgIpc) is 3.49. The second kappa shape index (κ2) is 9.46. The van der Waals surface area contributed by atoms with E-state index in [4.69, 9.17) is 27.7 Å². The van der Waals surface area contributed by atoms with Crippen LogP contribution in [0, 0.1) is 5.92 Å². The maximum atomic E-state index is 11.2. The van der Waals surface area contributed by atoms with Crippen molar-refractivity contribution in [1.29, 1.82) is 0 Å². The summed E-state index contributed by atoms with van der Waals surface area (Å²) in [4.78, 5) is 27.0. The number of thiazole rings is 1. The molecule has 0 unspecified atom stereocenters. The molecule has 0 amide bonds. The second-order valence-electron chi connectivity index (χ2n) is 9.07. The fourth-order valence-electron chi connectivity index (χ4n) is 4.50. The highest BCUT2D eigenvalue weighted by molar-refractivity contribution is 7.21. The first-order chi connectivity index (χ1) is 17.5. The molecule has 2 aliphatic rings. The lowest BCUT2D eigenvalue weighted by Crippen LogP contribution is -2.32. The molecule has 1 aliphatic carbocycles. The Balaban J connectivity index is 1.19. The number of carboxylic acids is 1. The van der Waals surface area contributed by atoms with E-state index in [0.717, 1.165) is 60.7 Å². The molecule has 1 N–H and O–H groups in total. The number of hydrogen-bond donors (Lipinski definition) is 1. The fourth-order valence-corrected chi connectivity index (χ4v) is 6.04. The lowest BCUT2D eigenvalue weighted by molar-refractivity contribution is 0.0691. The Morgan fingerprint density at radius 2 is 1.86 bits per heavy atom.